The van der Waals surface area contributed by atoms with Gasteiger partial charge in [0.25, 0.3) is 0 Å². The monoisotopic (exact) mass is 496 g/mol. The standard InChI is InChI=1S/C17H10Br2ClF3O2/c18-11-6-10(7-12(19)8-11)14(17(21,22)23)4-2-9-1-3-13(16(24)25)15(20)5-9/h1-8,14H,(H,24,25). The highest BCUT2D eigenvalue weighted by molar-refractivity contribution is 9.11. The second-order valence-electron chi connectivity index (χ2n) is 5.13. The summed E-state index contributed by atoms with van der Waals surface area (Å²) in [5.41, 5.74) is 0.332. The van der Waals surface area contributed by atoms with E-state index >= 15 is 0 Å². The molecule has 1 unspecified atom stereocenters. The Kier molecular flexibility index (Phi) is 6.35. The number of carboxylic acid groups (broad SMARTS) is 1. The summed E-state index contributed by atoms with van der Waals surface area (Å²) in [5, 5.41) is 8.88. The smallest absolute Gasteiger partial charge is 0.399 e. The summed E-state index contributed by atoms with van der Waals surface area (Å²) in [5.74, 6) is -3.02. The van der Waals surface area contributed by atoms with Crippen molar-refractivity contribution >= 4 is 55.5 Å². The quantitative estimate of drug-likeness (QED) is 0.497. The Labute approximate surface area is 163 Å². The Morgan fingerprint density at radius 3 is 2.20 bits per heavy atom. The fraction of sp³-hybridized carbons (Fsp3) is 0.118. The average molecular weight is 499 g/mol. The molecule has 0 bridgehead atoms. The van der Waals surface area contributed by atoms with Crippen molar-refractivity contribution in [3.05, 3.63) is 73.1 Å². The normalized spacial score (nSPS) is 13.2. The molecule has 0 aliphatic rings. The molecule has 0 spiro atoms. The number of alkyl halides is 3. The molecule has 0 saturated heterocycles. The molecule has 2 nitrogen and oxygen atoms in total. The summed E-state index contributed by atoms with van der Waals surface area (Å²) < 4.78 is 41.3. The Morgan fingerprint density at radius 1 is 1.12 bits per heavy atom. The van der Waals surface area contributed by atoms with Crippen LogP contribution >= 0.6 is 43.5 Å². The Morgan fingerprint density at radius 2 is 1.72 bits per heavy atom. The molecule has 2 aromatic carbocycles. The first-order valence-electron chi connectivity index (χ1n) is 6.81. The first kappa shape index (κ1) is 20.0. The van der Waals surface area contributed by atoms with Gasteiger partial charge in [0.05, 0.1) is 16.5 Å². The average Bonchev–Trinajstić information content (AvgIpc) is 2.44. The fourth-order valence-corrected chi connectivity index (χ4v) is 3.78. The highest BCUT2D eigenvalue weighted by Gasteiger charge is 2.39. The van der Waals surface area contributed by atoms with Gasteiger partial charge in [0, 0.05) is 8.95 Å². The van der Waals surface area contributed by atoms with Crippen LogP contribution < -0.4 is 0 Å². The molecule has 0 aliphatic heterocycles. The molecular formula is C17H10Br2ClF3O2. The van der Waals surface area contributed by atoms with Gasteiger partial charge in [-0.1, -0.05) is 61.7 Å². The minimum atomic E-state index is -4.48. The number of hydrogen-bond acceptors (Lipinski definition) is 1. The molecule has 1 N–H and O–H groups in total. The second-order valence-corrected chi connectivity index (χ2v) is 7.36. The predicted molar refractivity (Wildman–Crippen MR) is 98.1 cm³/mol. The third-order valence-corrected chi connectivity index (χ3v) is 4.53. The number of benzene rings is 2. The van der Waals surface area contributed by atoms with Gasteiger partial charge < -0.3 is 5.11 Å². The van der Waals surface area contributed by atoms with E-state index in [1.54, 1.807) is 6.07 Å². The van der Waals surface area contributed by atoms with Gasteiger partial charge in [0.15, 0.2) is 0 Å². The maximum atomic E-state index is 13.4. The molecule has 0 aromatic heterocycles. The molecule has 0 heterocycles. The Balaban J connectivity index is 2.39. The maximum Gasteiger partial charge on any atom is 0.399 e. The number of carbonyl (C=O) groups is 1. The summed E-state index contributed by atoms with van der Waals surface area (Å²) in [6.45, 7) is 0. The summed E-state index contributed by atoms with van der Waals surface area (Å²) >= 11 is 12.2. The van der Waals surface area contributed by atoms with Crippen LogP contribution in [0.3, 0.4) is 0 Å². The lowest BCUT2D eigenvalue weighted by atomic mass is 9.97. The van der Waals surface area contributed by atoms with E-state index < -0.39 is 18.1 Å². The number of carboxylic acids is 1. The van der Waals surface area contributed by atoms with Crippen molar-refractivity contribution in [2.45, 2.75) is 12.1 Å². The SMILES string of the molecule is O=C(O)c1ccc(C=CC(c2cc(Br)cc(Br)c2)C(F)(F)F)cc1Cl. The van der Waals surface area contributed by atoms with Crippen LogP contribution in [0.25, 0.3) is 6.08 Å². The topological polar surface area (TPSA) is 37.3 Å². The second kappa shape index (κ2) is 7.93. The van der Waals surface area contributed by atoms with E-state index in [1.165, 1.54) is 36.4 Å². The van der Waals surface area contributed by atoms with Crippen molar-refractivity contribution in [2.75, 3.05) is 0 Å². The third kappa shape index (κ3) is 5.33. The van der Waals surface area contributed by atoms with E-state index in [2.05, 4.69) is 31.9 Å². The number of halogens is 6. The summed E-state index contributed by atoms with van der Waals surface area (Å²) in [4.78, 5) is 10.9. The van der Waals surface area contributed by atoms with E-state index in [-0.39, 0.29) is 16.1 Å². The third-order valence-electron chi connectivity index (χ3n) is 3.30. The van der Waals surface area contributed by atoms with Crippen molar-refractivity contribution in [3.8, 4) is 0 Å². The first-order chi connectivity index (χ1) is 11.6. The predicted octanol–water partition coefficient (Wildman–Crippen LogP) is 6.92. The van der Waals surface area contributed by atoms with Crippen molar-refractivity contribution in [1.82, 2.24) is 0 Å². The molecule has 0 amide bonds. The van der Waals surface area contributed by atoms with Crippen LogP contribution in [-0.2, 0) is 0 Å². The number of rotatable bonds is 4. The molecule has 0 fully saturated rings. The van der Waals surface area contributed by atoms with Crippen LogP contribution in [0.1, 0.15) is 27.4 Å². The van der Waals surface area contributed by atoms with Gasteiger partial charge in [-0.25, -0.2) is 4.79 Å². The molecule has 8 heteroatoms. The molecular weight excluding hydrogens is 488 g/mol. The molecule has 25 heavy (non-hydrogen) atoms. The van der Waals surface area contributed by atoms with Crippen LogP contribution in [0.5, 0.6) is 0 Å². The van der Waals surface area contributed by atoms with E-state index in [0.717, 1.165) is 6.08 Å². The Bertz CT molecular complexity index is 815. The largest absolute Gasteiger partial charge is 0.478 e. The molecule has 2 rings (SSSR count). The van der Waals surface area contributed by atoms with Crippen LogP contribution in [0.2, 0.25) is 5.02 Å². The van der Waals surface area contributed by atoms with E-state index in [0.29, 0.717) is 14.5 Å². The molecule has 0 aliphatic carbocycles. The van der Waals surface area contributed by atoms with Gasteiger partial charge >= 0.3 is 12.1 Å². The molecule has 1 atom stereocenters. The van der Waals surface area contributed by atoms with Gasteiger partial charge in [-0.2, -0.15) is 13.2 Å². The van der Waals surface area contributed by atoms with Gasteiger partial charge in [0.1, 0.15) is 0 Å². The summed E-state index contributed by atoms with van der Waals surface area (Å²) in [6.07, 6.45) is -2.20. The van der Waals surface area contributed by atoms with Crippen molar-refractivity contribution in [2.24, 2.45) is 0 Å². The Hall–Kier alpha value is -1.31. The minimum absolute atomic E-state index is 0.0385. The zero-order valence-corrected chi connectivity index (χ0v) is 16.2. The van der Waals surface area contributed by atoms with Crippen molar-refractivity contribution in [3.63, 3.8) is 0 Å². The van der Waals surface area contributed by atoms with Gasteiger partial charge in [-0.15, -0.1) is 0 Å². The molecule has 132 valence electrons. The lowest BCUT2D eigenvalue weighted by Gasteiger charge is -2.18. The molecule has 0 saturated carbocycles. The van der Waals surface area contributed by atoms with Crippen LogP contribution in [0.15, 0.2) is 51.4 Å². The van der Waals surface area contributed by atoms with Gasteiger partial charge in [-0.3, -0.25) is 0 Å². The highest BCUT2D eigenvalue weighted by Crippen LogP contribution is 2.38. The number of hydrogen-bond donors (Lipinski definition) is 1. The van der Waals surface area contributed by atoms with E-state index in [1.807, 2.05) is 0 Å². The van der Waals surface area contributed by atoms with E-state index in [4.69, 9.17) is 16.7 Å². The van der Waals surface area contributed by atoms with Crippen LogP contribution in [-0.4, -0.2) is 17.3 Å². The highest BCUT2D eigenvalue weighted by atomic mass is 79.9. The van der Waals surface area contributed by atoms with Crippen LogP contribution in [0.4, 0.5) is 13.2 Å². The first-order valence-corrected chi connectivity index (χ1v) is 8.78. The summed E-state index contributed by atoms with van der Waals surface area (Å²) in [7, 11) is 0. The fourth-order valence-electron chi connectivity index (χ4n) is 2.18. The van der Waals surface area contributed by atoms with Crippen LogP contribution in [0, 0.1) is 0 Å². The minimum Gasteiger partial charge on any atom is -0.478 e. The zero-order valence-electron chi connectivity index (χ0n) is 12.3. The maximum absolute atomic E-state index is 13.4. The lowest BCUT2D eigenvalue weighted by Crippen LogP contribution is -2.18. The van der Waals surface area contributed by atoms with E-state index in [9.17, 15) is 18.0 Å². The molecule has 2 aromatic rings. The number of aromatic carboxylic acids is 1. The van der Waals surface area contributed by atoms with Crippen molar-refractivity contribution in [1.29, 1.82) is 0 Å². The summed E-state index contributed by atoms with van der Waals surface area (Å²) in [6, 6.07) is 8.40. The zero-order chi connectivity index (χ0) is 18.8. The van der Waals surface area contributed by atoms with Crippen molar-refractivity contribution < 1.29 is 23.1 Å². The van der Waals surface area contributed by atoms with Gasteiger partial charge in [-0.05, 0) is 41.5 Å². The molecule has 0 radical (unpaired) electrons. The van der Waals surface area contributed by atoms with Gasteiger partial charge in [0.2, 0.25) is 0 Å². The lowest BCUT2D eigenvalue weighted by molar-refractivity contribution is -0.139. The number of allylic oxidation sites excluding steroid dienone is 1.